The lowest BCUT2D eigenvalue weighted by atomic mass is 10.0. The van der Waals surface area contributed by atoms with Crippen molar-refractivity contribution >= 4 is 0 Å². The molecule has 4 nitrogen and oxygen atoms in total. The van der Waals surface area contributed by atoms with Crippen LogP contribution in [0.3, 0.4) is 0 Å². The molecular weight excluding hydrogens is 319 g/mol. The van der Waals surface area contributed by atoms with Gasteiger partial charge in [-0.1, -0.05) is 36.4 Å². The number of hydrogen-bond donors (Lipinski definition) is 1. The first-order chi connectivity index (χ1) is 12.2. The Balaban J connectivity index is 1.83. The van der Waals surface area contributed by atoms with Gasteiger partial charge < -0.3 is 5.11 Å². The fourth-order valence-electron chi connectivity index (χ4n) is 2.61. The molecule has 1 heterocycles. The maximum atomic E-state index is 13.0. The highest BCUT2D eigenvalue weighted by atomic mass is 19.1. The first-order valence-corrected chi connectivity index (χ1v) is 8.23. The van der Waals surface area contributed by atoms with Crippen LogP contribution in [0.5, 0.6) is 0 Å². The molecule has 128 valence electrons. The third-order valence-electron chi connectivity index (χ3n) is 4.00. The van der Waals surface area contributed by atoms with Crippen molar-refractivity contribution in [2.45, 2.75) is 19.4 Å². The molecule has 0 radical (unpaired) electrons. The first-order valence-electron chi connectivity index (χ1n) is 8.23. The molecule has 0 saturated heterocycles. The van der Waals surface area contributed by atoms with Gasteiger partial charge in [0.25, 0.3) is 5.56 Å². The Bertz CT molecular complexity index is 887. The molecule has 25 heavy (non-hydrogen) atoms. The molecule has 5 heteroatoms. The van der Waals surface area contributed by atoms with Crippen LogP contribution in [0.2, 0.25) is 0 Å². The van der Waals surface area contributed by atoms with Crippen molar-refractivity contribution in [1.29, 1.82) is 0 Å². The van der Waals surface area contributed by atoms with E-state index in [1.54, 1.807) is 18.2 Å². The smallest absolute Gasteiger partial charge is 0.266 e. The van der Waals surface area contributed by atoms with E-state index in [0.29, 0.717) is 25.1 Å². The Labute approximate surface area is 145 Å². The second kappa shape index (κ2) is 7.85. The number of unbranched alkanes of at least 4 members (excludes halogenated alkanes) is 1. The molecule has 0 unspecified atom stereocenters. The van der Waals surface area contributed by atoms with Crippen molar-refractivity contribution in [2.24, 2.45) is 0 Å². The maximum Gasteiger partial charge on any atom is 0.266 e. The second-order valence-electron chi connectivity index (χ2n) is 5.79. The quantitative estimate of drug-likeness (QED) is 0.700. The normalized spacial score (nSPS) is 10.8. The van der Waals surface area contributed by atoms with E-state index in [-0.39, 0.29) is 18.0 Å². The average molecular weight is 338 g/mol. The molecule has 1 aromatic heterocycles. The van der Waals surface area contributed by atoms with E-state index in [1.165, 1.54) is 22.9 Å². The number of aliphatic hydroxyl groups is 1. The maximum absolute atomic E-state index is 13.0. The molecule has 3 aromatic rings. The van der Waals surface area contributed by atoms with Crippen LogP contribution in [-0.2, 0) is 6.54 Å². The molecular formula is C20H19FN2O2. The Morgan fingerprint density at radius 1 is 0.840 bits per heavy atom. The van der Waals surface area contributed by atoms with Gasteiger partial charge in [0.05, 0.1) is 5.69 Å². The molecule has 0 amide bonds. The summed E-state index contributed by atoms with van der Waals surface area (Å²) in [6, 6.07) is 17.3. The molecule has 3 rings (SSSR count). The van der Waals surface area contributed by atoms with Gasteiger partial charge in [0, 0.05) is 24.8 Å². The summed E-state index contributed by atoms with van der Waals surface area (Å²) in [7, 11) is 0. The molecule has 2 aromatic carbocycles. The SMILES string of the molecule is O=c1ccc(-c2ccc(-c3ccc(F)cc3)cc2)nn1CCCCO. The van der Waals surface area contributed by atoms with E-state index in [9.17, 15) is 9.18 Å². The fourth-order valence-corrected chi connectivity index (χ4v) is 2.61. The van der Waals surface area contributed by atoms with Crippen molar-refractivity contribution in [2.75, 3.05) is 6.61 Å². The minimum Gasteiger partial charge on any atom is -0.396 e. The van der Waals surface area contributed by atoms with Crippen LogP contribution in [0.15, 0.2) is 65.5 Å². The van der Waals surface area contributed by atoms with E-state index >= 15 is 0 Å². The van der Waals surface area contributed by atoms with Crippen LogP contribution < -0.4 is 5.56 Å². The summed E-state index contributed by atoms with van der Waals surface area (Å²) in [6.07, 6.45) is 1.35. The Morgan fingerprint density at radius 2 is 1.44 bits per heavy atom. The van der Waals surface area contributed by atoms with Gasteiger partial charge >= 0.3 is 0 Å². The van der Waals surface area contributed by atoms with Gasteiger partial charge in [-0.3, -0.25) is 4.79 Å². The van der Waals surface area contributed by atoms with E-state index in [2.05, 4.69) is 5.10 Å². The summed E-state index contributed by atoms with van der Waals surface area (Å²) in [6.45, 7) is 0.597. The predicted molar refractivity (Wildman–Crippen MR) is 95.6 cm³/mol. The third kappa shape index (κ3) is 4.19. The average Bonchev–Trinajstić information content (AvgIpc) is 2.64. The zero-order valence-corrected chi connectivity index (χ0v) is 13.7. The Morgan fingerprint density at radius 3 is 2.08 bits per heavy atom. The van der Waals surface area contributed by atoms with Crippen molar-refractivity contribution < 1.29 is 9.50 Å². The lowest BCUT2D eigenvalue weighted by Crippen LogP contribution is -2.22. The monoisotopic (exact) mass is 338 g/mol. The molecule has 0 aliphatic rings. The van der Waals surface area contributed by atoms with Crippen molar-refractivity contribution in [1.82, 2.24) is 9.78 Å². The van der Waals surface area contributed by atoms with Crippen molar-refractivity contribution in [3.05, 3.63) is 76.8 Å². The van der Waals surface area contributed by atoms with Crippen LogP contribution in [0.25, 0.3) is 22.4 Å². The van der Waals surface area contributed by atoms with E-state index < -0.39 is 0 Å². The van der Waals surface area contributed by atoms with Crippen molar-refractivity contribution in [3.63, 3.8) is 0 Å². The van der Waals surface area contributed by atoms with E-state index in [0.717, 1.165) is 16.7 Å². The Kier molecular flexibility index (Phi) is 5.36. The third-order valence-corrected chi connectivity index (χ3v) is 4.00. The van der Waals surface area contributed by atoms with Gasteiger partial charge in [0.15, 0.2) is 0 Å². The number of hydrogen-bond acceptors (Lipinski definition) is 3. The summed E-state index contributed by atoms with van der Waals surface area (Å²) < 4.78 is 14.4. The molecule has 1 N–H and O–H groups in total. The number of aryl methyl sites for hydroxylation is 1. The Hall–Kier alpha value is -2.79. The van der Waals surface area contributed by atoms with Gasteiger partial charge in [-0.05, 0) is 42.2 Å². The number of halogens is 1. The molecule has 0 spiro atoms. The fraction of sp³-hybridized carbons (Fsp3) is 0.200. The van der Waals surface area contributed by atoms with Crippen molar-refractivity contribution in [3.8, 4) is 22.4 Å². The van der Waals surface area contributed by atoms with Gasteiger partial charge in [-0.15, -0.1) is 0 Å². The van der Waals surface area contributed by atoms with Crippen LogP contribution in [0, 0.1) is 5.82 Å². The zero-order chi connectivity index (χ0) is 17.6. The number of aliphatic hydroxyl groups excluding tert-OH is 1. The summed E-state index contributed by atoms with van der Waals surface area (Å²) in [5.74, 6) is -0.256. The highest BCUT2D eigenvalue weighted by molar-refractivity contribution is 5.68. The molecule has 0 aliphatic heterocycles. The van der Waals surface area contributed by atoms with Crippen LogP contribution in [0.1, 0.15) is 12.8 Å². The minimum absolute atomic E-state index is 0.110. The topological polar surface area (TPSA) is 55.1 Å². The highest BCUT2D eigenvalue weighted by Gasteiger charge is 2.05. The number of benzene rings is 2. The van der Waals surface area contributed by atoms with Gasteiger partial charge in [-0.2, -0.15) is 5.10 Å². The lowest BCUT2D eigenvalue weighted by molar-refractivity contribution is 0.279. The largest absolute Gasteiger partial charge is 0.396 e. The summed E-state index contributed by atoms with van der Waals surface area (Å²) in [5.41, 5.74) is 3.40. The summed E-state index contributed by atoms with van der Waals surface area (Å²) in [4.78, 5) is 11.9. The number of rotatable bonds is 6. The van der Waals surface area contributed by atoms with E-state index in [4.69, 9.17) is 5.11 Å². The minimum atomic E-state index is -0.256. The van der Waals surface area contributed by atoms with Crippen LogP contribution >= 0.6 is 0 Å². The molecule has 0 saturated carbocycles. The first kappa shape index (κ1) is 17.0. The number of aromatic nitrogens is 2. The summed E-state index contributed by atoms with van der Waals surface area (Å²) >= 11 is 0. The molecule has 0 bridgehead atoms. The molecule has 0 aliphatic carbocycles. The molecule has 0 fully saturated rings. The van der Waals surface area contributed by atoms with Gasteiger partial charge in [-0.25, -0.2) is 9.07 Å². The van der Waals surface area contributed by atoms with Gasteiger partial charge in [0.1, 0.15) is 5.82 Å². The summed E-state index contributed by atoms with van der Waals surface area (Å²) in [5, 5.41) is 13.3. The second-order valence-corrected chi connectivity index (χ2v) is 5.79. The molecule has 0 atom stereocenters. The predicted octanol–water partition coefficient (Wildman–Crippen LogP) is 3.49. The standard InChI is InChI=1S/C20H19FN2O2/c21-18-9-7-16(8-10-18)15-3-5-17(6-4-15)19-11-12-20(25)23(22-19)13-1-2-14-24/h3-12,24H,1-2,13-14H2. The zero-order valence-electron chi connectivity index (χ0n) is 13.7. The van der Waals surface area contributed by atoms with Gasteiger partial charge in [0.2, 0.25) is 0 Å². The van der Waals surface area contributed by atoms with E-state index in [1.807, 2.05) is 24.3 Å². The van der Waals surface area contributed by atoms with Crippen LogP contribution in [0.4, 0.5) is 4.39 Å². The van der Waals surface area contributed by atoms with Crippen LogP contribution in [-0.4, -0.2) is 21.5 Å². The highest BCUT2D eigenvalue weighted by Crippen LogP contribution is 2.23. The number of nitrogens with zero attached hydrogens (tertiary/aromatic N) is 2. The lowest BCUT2D eigenvalue weighted by Gasteiger charge is -2.08.